The SMILES string of the molecule is COc1ccc(N)c(NC(=O)c2cnn(CC(=O)NC3CCCCC3)c2)c1.Cl. The van der Waals surface area contributed by atoms with Crippen LogP contribution in [0.3, 0.4) is 0 Å². The zero-order valence-corrected chi connectivity index (χ0v) is 16.6. The number of nitrogens with one attached hydrogen (secondary N) is 2. The molecule has 1 aromatic carbocycles. The Hall–Kier alpha value is -2.74. The van der Waals surface area contributed by atoms with Crippen LogP contribution in [0.15, 0.2) is 30.6 Å². The number of benzene rings is 1. The second-order valence-electron chi connectivity index (χ2n) is 6.74. The predicted octanol–water partition coefficient (Wildman–Crippen LogP) is 2.60. The van der Waals surface area contributed by atoms with Gasteiger partial charge in [0.1, 0.15) is 12.3 Å². The molecule has 28 heavy (non-hydrogen) atoms. The van der Waals surface area contributed by atoms with E-state index in [1.165, 1.54) is 17.3 Å². The number of amides is 2. The fourth-order valence-electron chi connectivity index (χ4n) is 3.20. The molecule has 0 aliphatic heterocycles. The number of nitrogens with zero attached hydrogens (tertiary/aromatic N) is 2. The van der Waals surface area contributed by atoms with Crippen LogP contribution in [0.4, 0.5) is 11.4 Å². The summed E-state index contributed by atoms with van der Waals surface area (Å²) in [7, 11) is 1.54. The number of hydrogen-bond acceptors (Lipinski definition) is 5. The Kier molecular flexibility index (Phi) is 7.69. The number of rotatable bonds is 6. The molecule has 152 valence electrons. The van der Waals surface area contributed by atoms with E-state index in [9.17, 15) is 9.59 Å². The van der Waals surface area contributed by atoms with Crippen LogP contribution in [0.5, 0.6) is 5.75 Å². The predicted molar refractivity (Wildman–Crippen MR) is 110 cm³/mol. The molecule has 0 atom stereocenters. The highest BCUT2D eigenvalue weighted by Crippen LogP contribution is 2.24. The maximum atomic E-state index is 12.4. The van der Waals surface area contributed by atoms with Gasteiger partial charge in [0.15, 0.2) is 0 Å². The molecular formula is C19H26ClN5O3. The quantitative estimate of drug-likeness (QED) is 0.637. The number of anilines is 2. The lowest BCUT2D eigenvalue weighted by Gasteiger charge is -2.22. The van der Waals surface area contributed by atoms with Crippen molar-refractivity contribution >= 4 is 35.6 Å². The molecule has 8 nitrogen and oxygen atoms in total. The van der Waals surface area contributed by atoms with Crippen LogP contribution in [0.1, 0.15) is 42.5 Å². The van der Waals surface area contributed by atoms with E-state index in [1.807, 2.05) is 0 Å². The average molecular weight is 408 g/mol. The van der Waals surface area contributed by atoms with Gasteiger partial charge in [0.25, 0.3) is 5.91 Å². The fraction of sp³-hybridized carbons (Fsp3) is 0.421. The van der Waals surface area contributed by atoms with Crippen molar-refractivity contribution in [2.45, 2.75) is 44.7 Å². The second-order valence-corrected chi connectivity index (χ2v) is 6.74. The molecule has 4 N–H and O–H groups in total. The van der Waals surface area contributed by atoms with Gasteiger partial charge in [0.05, 0.1) is 30.2 Å². The molecule has 0 radical (unpaired) electrons. The van der Waals surface area contributed by atoms with Gasteiger partial charge in [-0.05, 0) is 25.0 Å². The van der Waals surface area contributed by atoms with Crippen molar-refractivity contribution in [2.24, 2.45) is 0 Å². The Bertz CT molecular complexity index is 818. The minimum absolute atomic E-state index is 0. The fourth-order valence-corrected chi connectivity index (χ4v) is 3.20. The van der Waals surface area contributed by atoms with Gasteiger partial charge in [-0.25, -0.2) is 0 Å². The zero-order valence-electron chi connectivity index (χ0n) is 15.8. The van der Waals surface area contributed by atoms with Gasteiger partial charge in [0, 0.05) is 18.3 Å². The number of hydrogen-bond donors (Lipinski definition) is 3. The molecule has 1 aliphatic carbocycles. The van der Waals surface area contributed by atoms with Crippen molar-refractivity contribution in [1.29, 1.82) is 0 Å². The van der Waals surface area contributed by atoms with E-state index in [4.69, 9.17) is 10.5 Å². The first-order valence-electron chi connectivity index (χ1n) is 9.12. The van der Waals surface area contributed by atoms with Gasteiger partial charge in [-0.3, -0.25) is 14.3 Å². The summed E-state index contributed by atoms with van der Waals surface area (Å²) in [6, 6.07) is 5.28. The normalized spacial score (nSPS) is 14.0. The van der Waals surface area contributed by atoms with Crippen molar-refractivity contribution in [2.75, 3.05) is 18.2 Å². The summed E-state index contributed by atoms with van der Waals surface area (Å²) >= 11 is 0. The molecule has 0 saturated heterocycles. The highest BCUT2D eigenvalue weighted by molar-refractivity contribution is 6.05. The Morgan fingerprint density at radius 1 is 1.29 bits per heavy atom. The summed E-state index contributed by atoms with van der Waals surface area (Å²) in [5.41, 5.74) is 7.13. The van der Waals surface area contributed by atoms with E-state index >= 15 is 0 Å². The van der Waals surface area contributed by atoms with Gasteiger partial charge < -0.3 is 21.1 Å². The van der Waals surface area contributed by atoms with Crippen LogP contribution in [0.2, 0.25) is 0 Å². The van der Waals surface area contributed by atoms with Crippen LogP contribution in [-0.2, 0) is 11.3 Å². The molecule has 1 fully saturated rings. The Morgan fingerprint density at radius 3 is 2.75 bits per heavy atom. The highest BCUT2D eigenvalue weighted by Gasteiger charge is 2.17. The van der Waals surface area contributed by atoms with Crippen LogP contribution in [-0.4, -0.2) is 34.7 Å². The summed E-state index contributed by atoms with van der Waals surface area (Å²) in [6.45, 7) is 0.0884. The number of methoxy groups -OCH3 is 1. The third-order valence-electron chi connectivity index (χ3n) is 4.68. The van der Waals surface area contributed by atoms with Gasteiger partial charge >= 0.3 is 0 Å². The second kappa shape index (κ2) is 9.98. The van der Waals surface area contributed by atoms with Crippen LogP contribution < -0.4 is 21.1 Å². The lowest BCUT2D eigenvalue weighted by atomic mass is 9.95. The molecule has 2 aromatic rings. The van der Waals surface area contributed by atoms with Crippen molar-refractivity contribution in [1.82, 2.24) is 15.1 Å². The van der Waals surface area contributed by atoms with Gasteiger partial charge in [-0.15, -0.1) is 12.4 Å². The Labute approximate surface area is 170 Å². The third-order valence-corrected chi connectivity index (χ3v) is 4.68. The minimum Gasteiger partial charge on any atom is -0.497 e. The number of aromatic nitrogens is 2. The van der Waals surface area contributed by atoms with Crippen molar-refractivity contribution in [3.8, 4) is 5.75 Å². The standard InChI is InChI=1S/C19H25N5O3.ClH/c1-27-15-7-8-16(20)17(9-15)23-19(26)13-10-21-24(11-13)12-18(25)22-14-5-3-2-4-6-14;/h7-11,14H,2-6,12,20H2,1H3,(H,22,25)(H,23,26);1H. The Morgan fingerprint density at radius 2 is 2.04 bits per heavy atom. The maximum Gasteiger partial charge on any atom is 0.258 e. The number of nitrogen functional groups attached to an aromatic ring is 1. The molecule has 2 amide bonds. The lowest BCUT2D eigenvalue weighted by molar-refractivity contribution is -0.122. The summed E-state index contributed by atoms with van der Waals surface area (Å²) in [5.74, 6) is 0.150. The van der Waals surface area contributed by atoms with Crippen LogP contribution in [0.25, 0.3) is 0 Å². The van der Waals surface area contributed by atoms with Crippen LogP contribution >= 0.6 is 12.4 Å². The van der Waals surface area contributed by atoms with Gasteiger partial charge in [0.2, 0.25) is 5.91 Å². The summed E-state index contributed by atoms with van der Waals surface area (Å²) < 4.78 is 6.60. The number of halogens is 1. The first kappa shape index (κ1) is 21.6. The molecule has 1 aliphatic rings. The smallest absolute Gasteiger partial charge is 0.258 e. The summed E-state index contributed by atoms with van der Waals surface area (Å²) in [5, 5.41) is 9.88. The van der Waals surface area contributed by atoms with Gasteiger partial charge in [-0.1, -0.05) is 19.3 Å². The molecule has 0 bridgehead atoms. The zero-order chi connectivity index (χ0) is 19.2. The minimum atomic E-state index is -0.353. The largest absolute Gasteiger partial charge is 0.497 e. The van der Waals surface area contributed by atoms with Crippen LogP contribution in [0, 0.1) is 0 Å². The number of nitrogens with two attached hydrogens (primary N) is 1. The number of carbonyl (C=O) groups is 2. The first-order chi connectivity index (χ1) is 13.0. The third kappa shape index (κ3) is 5.63. The average Bonchev–Trinajstić information content (AvgIpc) is 3.12. The number of ether oxygens (including phenoxy) is 1. The molecule has 1 aromatic heterocycles. The molecule has 1 heterocycles. The summed E-state index contributed by atoms with van der Waals surface area (Å²) in [4.78, 5) is 24.6. The van der Waals surface area contributed by atoms with E-state index in [-0.39, 0.29) is 36.8 Å². The Balaban J connectivity index is 0.00000280. The molecule has 0 unspecified atom stereocenters. The molecular weight excluding hydrogens is 382 g/mol. The van der Waals surface area contributed by atoms with E-state index in [0.29, 0.717) is 22.7 Å². The first-order valence-corrected chi connectivity index (χ1v) is 9.12. The lowest BCUT2D eigenvalue weighted by Crippen LogP contribution is -2.38. The summed E-state index contributed by atoms with van der Waals surface area (Å²) in [6.07, 6.45) is 8.59. The maximum absolute atomic E-state index is 12.4. The monoisotopic (exact) mass is 407 g/mol. The molecule has 0 spiro atoms. The van der Waals surface area contributed by atoms with E-state index < -0.39 is 0 Å². The topological polar surface area (TPSA) is 111 Å². The van der Waals surface area contributed by atoms with E-state index in [0.717, 1.165) is 25.7 Å². The molecule has 1 saturated carbocycles. The van der Waals surface area contributed by atoms with Gasteiger partial charge in [-0.2, -0.15) is 5.10 Å². The molecule has 3 rings (SSSR count). The van der Waals surface area contributed by atoms with Crippen molar-refractivity contribution in [3.05, 3.63) is 36.2 Å². The van der Waals surface area contributed by atoms with E-state index in [1.54, 1.807) is 31.5 Å². The molecule has 9 heteroatoms. The number of carbonyl (C=O) groups excluding carboxylic acids is 2. The highest BCUT2D eigenvalue weighted by atomic mass is 35.5. The van der Waals surface area contributed by atoms with E-state index in [2.05, 4.69) is 15.7 Å². The van der Waals surface area contributed by atoms with Crippen molar-refractivity contribution < 1.29 is 14.3 Å². The van der Waals surface area contributed by atoms with Crippen molar-refractivity contribution in [3.63, 3.8) is 0 Å².